The second-order valence-electron chi connectivity index (χ2n) is 4.81. The summed E-state index contributed by atoms with van der Waals surface area (Å²) in [7, 11) is 0. The van der Waals surface area contributed by atoms with Gasteiger partial charge >= 0.3 is 0 Å². The van der Waals surface area contributed by atoms with Gasteiger partial charge in [-0.1, -0.05) is 18.2 Å². The Labute approximate surface area is 118 Å². The van der Waals surface area contributed by atoms with E-state index < -0.39 is 0 Å². The lowest BCUT2D eigenvalue weighted by Gasteiger charge is -2.35. The van der Waals surface area contributed by atoms with Gasteiger partial charge in [-0.3, -0.25) is 0 Å². The molecule has 0 aliphatic carbocycles. The molecule has 5 heteroatoms. The third kappa shape index (κ3) is 2.32. The number of nitriles is 1. The van der Waals surface area contributed by atoms with E-state index in [-0.39, 0.29) is 0 Å². The van der Waals surface area contributed by atoms with E-state index in [0.29, 0.717) is 17.5 Å². The van der Waals surface area contributed by atoms with Crippen LogP contribution < -0.4 is 9.80 Å². The molecule has 0 amide bonds. The molecule has 102 valence electrons. The van der Waals surface area contributed by atoms with Gasteiger partial charge in [-0.2, -0.15) is 5.26 Å². The van der Waals surface area contributed by atoms with Crippen molar-refractivity contribution >= 4 is 11.6 Å². The fraction of sp³-hybridized carbons (Fsp3) is 0.333. The van der Waals surface area contributed by atoms with Crippen LogP contribution in [0.4, 0.5) is 11.6 Å². The highest BCUT2D eigenvalue weighted by molar-refractivity contribution is 5.52. The van der Waals surface area contributed by atoms with Gasteiger partial charge in [0.25, 0.3) is 0 Å². The highest BCUT2D eigenvalue weighted by Crippen LogP contribution is 2.24. The molecule has 0 atom stereocenters. The highest BCUT2D eigenvalue weighted by atomic mass is 16.4. The Bertz CT molecular complexity index is 621. The SMILES string of the molecule is Cc1nc(C#N)c(N2CCN(c3ccccc3)CC2)o1. The number of aromatic nitrogens is 1. The van der Waals surface area contributed by atoms with Gasteiger partial charge in [-0.25, -0.2) is 4.98 Å². The number of aryl methyl sites for hydroxylation is 1. The lowest BCUT2D eigenvalue weighted by atomic mass is 10.2. The van der Waals surface area contributed by atoms with Gasteiger partial charge in [0.15, 0.2) is 5.89 Å². The summed E-state index contributed by atoms with van der Waals surface area (Å²) in [5.41, 5.74) is 1.62. The lowest BCUT2D eigenvalue weighted by molar-refractivity contribution is 0.496. The fourth-order valence-electron chi connectivity index (χ4n) is 2.51. The molecule has 0 bridgehead atoms. The fourth-order valence-corrected chi connectivity index (χ4v) is 2.51. The molecule has 1 saturated heterocycles. The van der Waals surface area contributed by atoms with E-state index in [9.17, 15) is 0 Å². The van der Waals surface area contributed by atoms with Crippen molar-refractivity contribution in [1.29, 1.82) is 5.26 Å². The average Bonchev–Trinajstić information content (AvgIpc) is 2.89. The Kier molecular flexibility index (Phi) is 3.30. The number of rotatable bonds is 2. The maximum Gasteiger partial charge on any atom is 0.234 e. The van der Waals surface area contributed by atoms with Crippen molar-refractivity contribution in [3.8, 4) is 6.07 Å². The third-order valence-electron chi connectivity index (χ3n) is 3.51. The Morgan fingerprint density at radius 3 is 2.40 bits per heavy atom. The average molecular weight is 268 g/mol. The standard InChI is InChI=1S/C15H16N4O/c1-12-17-14(11-16)15(20-12)19-9-7-18(8-10-19)13-5-3-2-4-6-13/h2-6H,7-10H2,1H3. The summed E-state index contributed by atoms with van der Waals surface area (Å²) in [5.74, 6) is 1.15. The number of para-hydroxylation sites is 1. The topological polar surface area (TPSA) is 56.3 Å². The molecule has 1 aliphatic heterocycles. The van der Waals surface area contributed by atoms with E-state index in [1.165, 1.54) is 5.69 Å². The summed E-state index contributed by atoms with van der Waals surface area (Å²) in [5, 5.41) is 9.08. The van der Waals surface area contributed by atoms with Crippen LogP contribution in [-0.4, -0.2) is 31.2 Å². The van der Waals surface area contributed by atoms with E-state index in [2.05, 4.69) is 45.1 Å². The molecule has 1 aromatic carbocycles. The summed E-state index contributed by atoms with van der Waals surface area (Å²) in [6.07, 6.45) is 0. The third-order valence-corrected chi connectivity index (χ3v) is 3.51. The second-order valence-corrected chi connectivity index (χ2v) is 4.81. The van der Waals surface area contributed by atoms with E-state index in [0.717, 1.165) is 26.2 Å². The van der Waals surface area contributed by atoms with Crippen molar-refractivity contribution in [2.45, 2.75) is 6.92 Å². The predicted molar refractivity (Wildman–Crippen MR) is 76.8 cm³/mol. The molecule has 2 aromatic rings. The van der Waals surface area contributed by atoms with Crippen LogP contribution in [0.1, 0.15) is 11.6 Å². The van der Waals surface area contributed by atoms with Gasteiger partial charge in [0, 0.05) is 38.8 Å². The minimum Gasteiger partial charge on any atom is -0.424 e. The van der Waals surface area contributed by atoms with Crippen molar-refractivity contribution < 1.29 is 4.42 Å². The van der Waals surface area contributed by atoms with E-state index in [1.807, 2.05) is 6.07 Å². The quantitative estimate of drug-likeness (QED) is 0.835. The number of anilines is 2. The van der Waals surface area contributed by atoms with Crippen molar-refractivity contribution in [3.05, 3.63) is 41.9 Å². The molecule has 0 unspecified atom stereocenters. The zero-order chi connectivity index (χ0) is 13.9. The number of oxazole rings is 1. The van der Waals surface area contributed by atoms with Crippen molar-refractivity contribution in [1.82, 2.24) is 4.98 Å². The maximum absolute atomic E-state index is 9.08. The zero-order valence-electron chi connectivity index (χ0n) is 11.4. The second kappa shape index (κ2) is 5.25. The molecule has 1 aliphatic rings. The largest absolute Gasteiger partial charge is 0.424 e. The lowest BCUT2D eigenvalue weighted by Crippen LogP contribution is -2.46. The Morgan fingerprint density at radius 1 is 1.10 bits per heavy atom. The van der Waals surface area contributed by atoms with Crippen LogP contribution in [-0.2, 0) is 0 Å². The molecule has 5 nitrogen and oxygen atoms in total. The highest BCUT2D eigenvalue weighted by Gasteiger charge is 2.23. The smallest absolute Gasteiger partial charge is 0.234 e. The molecule has 1 fully saturated rings. The Hall–Kier alpha value is -2.48. The molecular formula is C15H16N4O. The van der Waals surface area contributed by atoms with Crippen LogP contribution >= 0.6 is 0 Å². The summed E-state index contributed by atoms with van der Waals surface area (Å²) >= 11 is 0. The van der Waals surface area contributed by atoms with Crippen LogP contribution in [0, 0.1) is 18.3 Å². The minimum atomic E-state index is 0.385. The molecule has 20 heavy (non-hydrogen) atoms. The minimum absolute atomic E-state index is 0.385. The van der Waals surface area contributed by atoms with E-state index in [1.54, 1.807) is 6.92 Å². The van der Waals surface area contributed by atoms with Crippen molar-refractivity contribution in [2.24, 2.45) is 0 Å². The number of hydrogen-bond acceptors (Lipinski definition) is 5. The maximum atomic E-state index is 9.08. The first-order valence-electron chi connectivity index (χ1n) is 6.70. The predicted octanol–water partition coefficient (Wildman–Crippen LogP) is 2.18. The first-order chi connectivity index (χ1) is 9.78. The molecule has 2 heterocycles. The first-order valence-corrected chi connectivity index (χ1v) is 6.70. The van der Waals surface area contributed by atoms with Crippen molar-refractivity contribution in [2.75, 3.05) is 36.0 Å². The van der Waals surface area contributed by atoms with Gasteiger partial charge in [-0.15, -0.1) is 0 Å². The molecule has 0 N–H and O–H groups in total. The molecule has 0 saturated carbocycles. The van der Waals surface area contributed by atoms with Crippen LogP contribution in [0.3, 0.4) is 0 Å². The monoisotopic (exact) mass is 268 g/mol. The molecule has 0 spiro atoms. The Balaban J connectivity index is 1.71. The van der Waals surface area contributed by atoms with Gasteiger partial charge in [0.2, 0.25) is 11.6 Å². The van der Waals surface area contributed by atoms with Gasteiger partial charge in [0.05, 0.1) is 0 Å². The number of benzene rings is 1. The summed E-state index contributed by atoms with van der Waals surface area (Å²) < 4.78 is 5.56. The molecule has 0 radical (unpaired) electrons. The number of piperazine rings is 1. The van der Waals surface area contributed by atoms with Crippen LogP contribution in [0.15, 0.2) is 34.7 Å². The van der Waals surface area contributed by atoms with Crippen molar-refractivity contribution in [3.63, 3.8) is 0 Å². The number of nitrogens with zero attached hydrogens (tertiary/aromatic N) is 4. The molecular weight excluding hydrogens is 252 g/mol. The summed E-state index contributed by atoms with van der Waals surface area (Å²) in [4.78, 5) is 8.53. The molecule has 1 aromatic heterocycles. The van der Waals surface area contributed by atoms with Crippen LogP contribution in [0.5, 0.6) is 0 Å². The zero-order valence-corrected chi connectivity index (χ0v) is 11.4. The van der Waals surface area contributed by atoms with E-state index >= 15 is 0 Å². The summed E-state index contributed by atoms with van der Waals surface area (Å²) in [6.45, 7) is 5.25. The van der Waals surface area contributed by atoms with Gasteiger partial charge < -0.3 is 14.2 Å². The van der Waals surface area contributed by atoms with Gasteiger partial charge in [-0.05, 0) is 12.1 Å². The molecule has 3 rings (SSSR count). The van der Waals surface area contributed by atoms with Crippen LogP contribution in [0.2, 0.25) is 0 Å². The van der Waals surface area contributed by atoms with E-state index in [4.69, 9.17) is 9.68 Å². The normalized spacial score (nSPS) is 15.2. The first kappa shape index (κ1) is 12.5. The van der Waals surface area contributed by atoms with Gasteiger partial charge in [0.1, 0.15) is 6.07 Å². The summed E-state index contributed by atoms with van der Waals surface area (Å²) in [6, 6.07) is 12.5. The number of hydrogen-bond donors (Lipinski definition) is 0. The Morgan fingerprint density at radius 2 is 1.75 bits per heavy atom. The van der Waals surface area contributed by atoms with Crippen LogP contribution in [0.25, 0.3) is 0 Å².